The molecule has 0 N–H and O–H groups in total. The van der Waals surface area contributed by atoms with Crippen LogP contribution in [0.4, 0.5) is 4.39 Å². The van der Waals surface area contributed by atoms with Gasteiger partial charge in [0.1, 0.15) is 6.61 Å². The molecule has 26 heavy (non-hydrogen) atoms. The van der Waals surface area contributed by atoms with Crippen LogP contribution in [0, 0.1) is 0 Å². The Morgan fingerprint density at radius 1 is 0.769 bits per heavy atom. The maximum atomic E-state index is 13.9. The number of ether oxygens (including phenoxy) is 2. The molecule has 1 atom stereocenters. The number of carbonyl (C=O) groups is 1. The Balaban J connectivity index is 3.21. The third kappa shape index (κ3) is 19.7. The smallest absolute Gasteiger partial charge is 0.302 e. The molecule has 0 rings (SSSR count). The molecular formula is C22H43FO3. The molecule has 3 nitrogen and oxygen atoms in total. The van der Waals surface area contributed by atoms with E-state index in [1.54, 1.807) is 0 Å². The summed E-state index contributed by atoms with van der Waals surface area (Å²) < 4.78 is 24.0. The summed E-state index contributed by atoms with van der Waals surface area (Å²) in [5.74, 6) is -0.458. The van der Waals surface area contributed by atoms with Crippen LogP contribution in [0.5, 0.6) is 0 Å². The predicted octanol–water partition coefficient (Wildman–Crippen LogP) is 6.78. The van der Waals surface area contributed by atoms with E-state index in [1.165, 1.54) is 90.9 Å². The van der Waals surface area contributed by atoms with Crippen LogP contribution in [0.15, 0.2) is 0 Å². The van der Waals surface area contributed by atoms with E-state index in [2.05, 4.69) is 6.92 Å². The van der Waals surface area contributed by atoms with Crippen LogP contribution in [0.2, 0.25) is 0 Å². The van der Waals surface area contributed by atoms with Gasteiger partial charge < -0.3 is 9.47 Å². The molecule has 0 fully saturated rings. The van der Waals surface area contributed by atoms with E-state index in [9.17, 15) is 9.18 Å². The number of rotatable bonds is 19. The Labute approximate surface area is 161 Å². The van der Waals surface area contributed by atoms with Crippen molar-refractivity contribution in [2.75, 3.05) is 19.8 Å². The number of unbranched alkanes of at least 4 members (excludes halogenated alkanes) is 13. The molecule has 0 radical (unpaired) electrons. The SMILES string of the molecule is CCCCCCCCCCCCCCCCOC[C@](C)(F)COC(C)=O. The standard InChI is InChI=1S/C22H43FO3/c1-4-5-6-7-8-9-10-11-12-13-14-15-16-17-18-25-19-22(3,23)20-26-21(2)24/h4-20H2,1-3H3/t22-/m0/s1. The van der Waals surface area contributed by atoms with Gasteiger partial charge in [-0.2, -0.15) is 0 Å². The summed E-state index contributed by atoms with van der Waals surface area (Å²) in [5.41, 5.74) is -1.60. The molecule has 0 aromatic carbocycles. The van der Waals surface area contributed by atoms with Crippen LogP contribution >= 0.6 is 0 Å². The number of hydrogen-bond donors (Lipinski definition) is 0. The van der Waals surface area contributed by atoms with Crippen molar-refractivity contribution < 1.29 is 18.7 Å². The minimum absolute atomic E-state index is 0.0152. The Morgan fingerprint density at radius 3 is 1.62 bits per heavy atom. The van der Waals surface area contributed by atoms with Gasteiger partial charge in [0.2, 0.25) is 0 Å². The van der Waals surface area contributed by atoms with E-state index in [-0.39, 0.29) is 13.2 Å². The second-order valence-electron chi connectivity index (χ2n) is 7.84. The van der Waals surface area contributed by atoms with Crippen molar-refractivity contribution >= 4 is 5.97 Å². The molecular weight excluding hydrogens is 331 g/mol. The van der Waals surface area contributed by atoms with Gasteiger partial charge in [-0.1, -0.05) is 90.4 Å². The lowest BCUT2D eigenvalue weighted by atomic mass is 10.0. The van der Waals surface area contributed by atoms with E-state index in [0.29, 0.717) is 6.61 Å². The van der Waals surface area contributed by atoms with Crippen molar-refractivity contribution in [3.63, 3.8) is 0 Å². The first kappa shape index (κ1) is 25.4. The lowest BCUT2D eigenvalue weighted by Gasteiger charge is -2.19. The summed E-state index contributed by atoms with van der Waals surface area (Å²) in [6, 6.07) is 0. The fourth-order valence-electron chi connectivity index (χ4n) is 2.98. The fourth-order valence-corrected chi connectivity index (χ4v) is 2.98. The predicted molar refractivity (Wildman–Crippen MR) is 107 cm³/mol. The van der Waals surface area contributed by atoms with Crippen molar-refractivity contribution in [2.24, 2.45) is 0 Å². The van der Waals surface area contributed by atoms with E-state index in [1.807, 2.05) is 0 Å². The molecule has 0 aromatic rings. The highest BCUT2D eigenvalue weighted by Gasteiger charge is 2.25. The van der Waals surface area contributed by atoms with Crippen molar-refractivity contribution in [1.29, 1.82) is 0 Å². The van der Waals surface area contributed by atoms with Crippen LogP contribution < -0.4 is 0 Å². The molecule has 0 spiro atoms. The maximum Gasteiger partial charge on any atom is 0.302 e. The molecule has 0 saturated heterocycles. The number of carbonyl (C=O) groups excluding carboxylic acids is 1. The lowest BCUT2D eigenvalue weighted by Crippen LogP contribution is -2.32. The largest absolute Gasteiger partial charge is 0.462 e. The van der Waals surface area contributed by atoms with Crippen LogP contribution in [-0.4, -0.2) is 31.5 Å². The van der Waals surface area contributed by atoms with E-state index < -0.39 is 11.6 Å². The summed E-state index contributed by atoms with van der Waals surface area (Å²) in [6.45, 7) is 5.28. The van der Waals surface area contributed by atoms with Gasteiger partial charge in [0.05, 0.1) is 6.61 Å². The maximum absolute atomic E-state index is 13.9. The number of halogens is 1. The quantitative estimate of drug-likeness (QED) is 0.185. The first-order valence-electron chi connectivity index (χ1n) is 10.9. The third-order valence-corrected chi connectivity index (χ3v) is 4.62. The zero-order valence-electron chi connectivity index (χ0n) is 17.6. The zero-order chi connectivity index (χ0) is 19.5. The molecule has 0 amide bonds. The average molecular weight is 375 g/mol. The molecule has 0 heterocycles. The molecule has 0 saturated carbocycles. The normalized spacial score (nSPS) is 13.5. The molecule has 0 bridgehead atoms. The summed E-state index contributed by atoms with van der Waals surface area (Å²) in [7, 11) is 0. The molecule has 4 heteroatoms. The van der Waals surface area contributed by atoms with E-state index in [4.69, 9.17) is 9.47 Å². The van der Waals surface area contributed by atoms with Gasteiger partial charge in [-0.15, -0.1) is 0 Å². The van der Waals surface area contributed by atoms with E-state index >= 15 is 0 Å². The lowest BCUT2D eigenvalue weighted by molar-refractivity contribution is -0.146. The second-order valence-corrected chi connectivity index (χ2v) is 7.84. The van der Waals surface area contributed by atoms with Crippen LogP contribution in [0.3, 0.4) is 0 Å². The minimum Gasteiger partial charge on any atom is -0.462 e. The van der Waals surface area contributed by atoms with Crippen molar-refractivity contribution in [1.82, 2.24) is 0 Å². The summed E-state index contributed by atoms with van der Waals surface area (Å²) in [4.78, 5) is 10.7. The molecule has 0 aromatic heterocycles. The highest BCUT2D eigenvalue weighted by molar-refractivity contribution is 5.65. The third-order valence-electron chi connectivity index (χ3n) is 4.62. The Hall–Kier alpha value is -0.640. The molecule has 0 aliphatic rings. The second kappa shape index (κ2) is 17.8. The van der Waals surface area contributed by atoms with Gasteiger partial charge in [0.25, 0.3) is 0 Å². The first-order chi connectivity index (χ1) is 12.5. The summed E-state index contributed by atoms with van der Waals surface area (Å²) in [6.07, 6.45) is 18.5. The van der Waals surface area contributed by atoms with Crippen LogP contribution in [0.25, 0.3) is 0 Å². The van der Waals surface area contributed by atoms with Gasteiger partial charge in [-0.25, -0.2) is 4.39 Å². The highest BCUT2D eigenvalue weighted by Crippen LogP contribution is 2.14. The number of esters is 1. The average Bonchev–Trinajstić information content (AvgIpc) is 2.60. The van der Waals surface area contributed by atoms with Gasteiger partial charge >= 0.3 is 5.97 Å². The van der Waals surface area contributed by atoms with E-state index in [0.717, 1.165) is 12.8 Å². The van der Waals surface area contributed by atoms with Crippen LogP contribution in [0.1, 0.15) is 111 Å². The fraction of sp³-hybridized carbons (Fsp3) is 0.955. The summed E-state index contributed by atoms with van der Waals surface area (Å²) in [5, 5.41) is 0. The summed E-state index contributed by atoms with van der Waals surface area (Å²) >= 11 is 0. The minimum atomic E-state index is -1.60. The Morgan fingerprint density at radius 2 is 1.19 bits per heavy atom. The first-order valence-corrected chi connectivity index (χ1v) is 10.9. The van der Waals surface area contributed by atoms with Crippen molar-refractivity contribution in [3.8, 4) is 0 Å². The molecule has 0 unspecified atom stereocenters. The van der Waals surface area contributed by atoms with Gasteiger partial charge in [-0.3, -0.25) is 4.79 Å². The Bertz CT molecular complexity index is 319. The highest BCUT2D eigenvalue weighted by atomic mass is 19.1. The monoisotopic (exact) mass is 374 g/mol. The zero-order valence-corrected chi connectivity index (χ0v) is 17.6. The van der Waals surface area contributed by atoms with Crippen molar-refractivity contribution in [3.05, 3.63) is 0 Å². The number of hydrogen-bond acceptors (Lipinski definition) is 3. The van der Waals surface area contributed by atoms with Crippen molar-refractivity contribution in [2.45, 2.75) is 116 Å². The molecule has 0 aliphatic carbocycles. The van der Waals surface area contributed by atoms with Gasteiger partial charge in [0, 0.05) is 13.5 Å². The van der Waals surface area contributed by atoms with Crippen LogP contribution in [-0.2, 0) is 14.3 Å². The van der Waals surface area contributed by atoms with Gasteiger partial charge in [0.15, 0.2) is 5.67 Å². The Kier molecular flexibility index (Phi) is 17.3. The molecule has 156 valence electrons. The number of alkyl halides is 1. The molecule has 0 aliphatic heterocycles. The van der Waals surface area contributed by atoms with Gasteiger partial charge in [-0.05, 0) is 13.3 Å². The topological polar surface area (TPSA) is 35.5 Å².